The smallest absolute Gasteiger partial charge is 0.0773 e. The second kappa shape index (κ2) is 15.8. The molecular weight excluding hydrogens is 273 g/mol. The number of likely N-dealkylation sites (tertiary alicyclic amines) is 1. The predicted octanol–water partition coefficient (Wildman–Crippen LogP) is 2.01. The van der Waals surface area contributed by atoms with Crippen LogP contribution in [0.3, 0.4) is 0 Å². The molecule has 0 spiro atoms. The Hall–Kier alpha value is -0.110. The number of quaternary nitrogens is 1. The van der Waals surface area contributed by atoms with Crippen LogP contribution in [-0.4, -0.2) is 19.6 Å². The average Bonchev–Trinajstić information content (AvgIpc) is 2.51. The van der Waals surface area contributed by atoms with Crippen LogP contribution in [0.5, 0.6) is 0 Å². The maximum atomic E-state index is 2.34. The van der Waals surface area contributed by atoms with Crippen LogP contribution in [0.25, 0.3) is 0 Å². The molecule has 134 valence electrons. The lowest BCUT2D eigenvalue weighted by Crippen LogP contribution is -3.13. The molecule has 1 rings (SSSR count). The van der Waals surface area contributed by atoms with Crippen LogP contribution in [0.4, 0.5) is 0 Å². The zero-order valence-corrected chi connectivity index (χ0v) is 15.5. The Kier molecular flexibility index (Phi) is 15.7. The highest BCUT2D eigenvalue weighted by Gasteiger charge is 2.20. The van der Waals surface area contributed by atoms with E-state index in [9.17, 15) is 0 Å². The van der Waals surface area contributed by atoms with Gasteiger partial charge in [-0.1, -0.05) is 78.1 Å². The van der Waals surface area contributed by atoms with Gasteiger partial charge in [0.15, 0.2) is 0 Å². The van der Waals surface area contributed by atoms with Gasteiger partial charge in [0.25, 0.3) is 0 Å². The van der Waals surface area contributed by atoms with Crippen molar-refractivity contribution in [1.29, 1.82) is 0 Å². The van der Waals surface area contributed by atoms with E-state index >= 15 is 0 Å². The molecule has 1 aliphatic rings. The summed E-state index contributed by atoms with van der Waals surface area (Å²) in [6, 6.07) is 0. The van der Waals surface area contributed by atoms with Crippen molar-refractivity contribution in [2.45, 2.75) is 104 Å². The van der Waals surface area contributed by atoms with Crippen LogP contribution in [-0.2, 0) is 0 Å². The van der Waals surface area contributed by atoms with E-state index in [1.807, 2.05) is 4.90 Å². The number of rotatable bonds is 13. The van der Waals surface area contributed by atoms with Gasteiger partial charge in [-0.2, -0.15) is 0 Å². The molecule has 0 unspecified atom stereocenters. The Labute approximate surface area is 139 Å². The van der Waals surface area contributed by atoms with E-state index in [0.717, 1.165) is 5.92 Å². The average molecular weight is 316 g/mol. The van der Waals surface area contributed by atoms with Crippen molar-refractivity contribution in [1.82, 2.24) is 0 Å². The van der Waals surface area contributed by atoms with Crippen molar-refractivity contribution in [3.8, 4) is 0 Å². The van der Waals surface area contributed by atoms with Crippen molar-refractivity contribution < 1.29 is 9.60 Å². The molecule has 1 nitrogen and oxygen atoms in total. The van der Waals surface area contributed by atoms with E-state index in [2.05, 4.69) is 13.8 Å². The third kappa shape index (κ3) is 11.5. The number of nitrogens with one attached hydrogen (secondary N) is 1. The summed E-state index contributed by atoms with van der Waals surface area (Å²) in [6.45, 7) is 9.01. The van der Waals surface area contributed by atoms with Crippen molar-refractivity contribution in [3.05, 3.63) is 0 Å². The molecule has 0 atom stereocenters. The van der Waals surface area contributed by atoms with E-state index < -0.39 is 0 Å². The lowest BCUT2D eigenvalue weighted by Gasteiger charge is -2.29. The number of piperidine rings is 1. The zero-order valence-electron chi connectivity index (χ0n) is 15.5. The monoisotopic (exact) mass is 315 g/mol. The molecule has 0 aromatic rings. The highest BCUT2D eigenvalue weighted by atomic mass is 19.0. The highest BCUT2D eigenvalue weighted by molar-refractivity contribution is 4.61. The largest absolute Gasteiger partial charge is 1.00 e. The summed E-state index contributed by atoms with van der Waals surface area (Å²) in [5, 5.41) is 0. The molecule has 1 heterocycles. The molecule has 22 heavy (non-hydrogen) atoms. The Morgan fingerprint density at radius 1 is 0.682 bits per heavy atom. The molecule has 0 aromatic carbocycles. The van der Waals surface area contributed by atoms with E-state index in [4.69, 9.17) is 0 Å². The van der Waals surface area contributed by atoms with Crippen LogP contribution in [0.1, 0.15) is 104 Å². The summed E-state index contributed by atoms with van der Waals surface area (Å²) in [5.74, 6) is 1.06. The van der Waals surface area contributed by atoms with Gasteiger partial charge in [0.2, 0.25) is 0 Å². The second-order valence-electron chi connectivity index (χ2n) is 7.41. The third-order valence-electron chi connectivity index (χ3n) is 5.39. The van der Waals surface area contributed by atoms with Gasteiger partial charge >= 0.3 is 0 Å². The van der Waals surface area contributed by atoms with Gasteiger partial charge in [-0.15, -0.1) is 0 Å². The minimum atomic E-state index is 0. The molecule has 0 bridgehead atoms. The summed E-state index contributed by atoms with van der Waals surface area (Å²) in [5.41, 5.74) is 0. The van der Waals surface area contributed by atoms with Gasteiger partial charge in [0, 0.05) is 0 Å². The molecule has 1 N–H and O–H groups in total. The molecule has 0 aliphatic carbocycles. The van der Waals surface area contributed by atoms with Gasteiger partial charge in [0.05, 0.1) is 19.6 Å². The van der Waals surface area contributed by atoms with Gasteiger partial charge in [0.1, 0.15) is 0 Å². The molecule has 0 radical (unpaired) electrons. The Balaban J connectivity index is 0.00000441. The molecule has 1 saturated heterocycles. The van der Waals surface area contributed by atoms with Crippen LogP contribution >= 0.6 is 0 Å². The third-order valence-corrected chi connectivity index (χ3v) is 5.39. The van der Waals surface area contributed by atoms with Gasteiger partial charge in [-0.25, -0.2) is 0 Å². The zero-order chi connectivity index (χ0) is 15.2. The lowest BCUT2D eigenvalue weighted by atomic mass is 9.92. The summed E-state index contributed by atoms with van der Waals surface area (Å²) in [7, 11) is 0. The predicted molar refractivity (Wildman–Crippen MR) is 95.0 cm³/mol. The van der Waals surface area contributed by atoms with E-state index in [-0.39, 0.29) is 4.70 Å². The summed E-state index contributed by atoms with van der Waals surface area (Å²) in [6.07, 6.45) is 20.5. The van der Waals surface area contributed by atoms with Crippen molar-refractivity contribution in [3.63, 3.8) is 0 Å². The molecule has 0 aromatic heterocycles. The lowest BCUT2D eigenvalue weighted by molar-refractivity contribution is -0.906. The van der Waals surface area contributed by atoms with Crippen molar-refractivity contribution in [2.75, 3.05) is 19.6 Å². The SMILES string of the molecule is CCCCCCCCCCCC[NH+]1CCC(CCC)CC1.[F-]. The maximum Gasteiger partial charge on any atom is 0.0773 e. The summed E-state index contributed by atoms with van der Waals surface area (Å²) >= 11 is 0. The topological polar surface area (TPSA) is 4.44 Å². The molecular formula is C20H42FN. The molecule has 2 heteroatoms. The Morgan fingerprint density at radius 2 is 1.18 bits per heavy atom. The van der Waals surface area contributed by atoms with Crippen molar-refractivity contribution >= 4 is 0 Å². The first kappa shape index (κ1) is 21.9. The van der Waals surface area contributed by atoms with Crippen LogP contribution < -0.4 is 9.60 Å². The van der Waals surface area contributed by atoms with Gasteiger partial charge in [-0.05, 0) is 31.6 Å². The van der Waals surface area contributed by atoms with Crippen molar-refractivity contribution in [2.24, 2.45) is 5.92 Å². The van der Waals surface area contributed by atoms with Crippen LogP contribution in [0, 0.1) is 5.92 Å². The number of hydrogen-bond donors (Lipinski definition) is 1. The number of hydrogen-bond acceptors (Lipinski definition) is 0. The first-order chi connectivity index (χ1) is 10.4. The van der Waals surface area contributed by atoms with Crippen LogP contribution in [0.15, 0.2) is 0 Å². The van der Waals surface area contributed by atoms with Gasteiger partial charge < -0.3 is 9.60 Å². The molecule has 0 amide bonds. The highest BCUT2D eigenvalue weighted by Crippen LogP contribution is 2.15. The standard InChI is InChI=1S/C20H41N.FH/c1-3-5-6-7-8-9-10-11-12-13-17-21-18-15-20(14-4-2)16-19-21;/h20H,3-19H2,1-2H3;1H. The van der Waals surface area contributed by atoms with Crippen LogP contribution in [0.2, 0.25) is 0 Å². The minimum Gasteiger partial charge on any atom is -1.00 e. The maximum absolute atomic E-state index is 2.34. The number of unbranched alkanes of at least 4 members (excludes halogenated alkanes) is 9. The molecule has 1 aliphatic heterocycles. The van der Waals surface area contributed by atoms with Gasteiger partial charge in [-0.3, -0.25) is 0 Å². The fourth-order valence-electron chi connectivity index (χ4n) is 3.90. The fraction of sp³-hybridized carbons (Fsp3) is 1.00. The summed E-state index contributed by atoms with van der Waals surface area (Å²) < 4.78 is 0. The number of halogens is 1. The Morgan fingerprint density at radius 3 is 1.68 bits per heavy atom. The molecule has 0 saturated carbocycles. The first-order valence-corrected chi connectivity index (χ1v) is 10.2. The summed E-state index contributed by atoms with van der Waals surface area (Å²) in [4.78, 5) is 1.90. The fourth-order valence-corrected chi connectivity index (χ4v) is 3.90. The quantitative estimate of drug-likeness (QED) is 0.496. The normalized spacial score (nSPS) is 21.5. The van der Waals surface area contributed by atoms with E-state index in [1.165, 1.54) is 110 Å². The van der Waals surface area contributed by atoms with E-state index in [1.54, 1.807) is 0 Å². The van der Waals surface area contributed by atoms with E-state index in [0.29, 0.717) is 0 Å². The first-order valence-electron chi connectivity index (χ1n) is 10.2. The minimum absolute atomic E-state index is 0. The second-order valence-corrected chi connectivity index (χ2v) is 7.41. The molecule has 1 fully saturated rings. The Bertz CT molecular complexity index is 212.